The molecular weight excluding hydrogens is 1530 g/mol. The third-order valence-electron chi connectivity index (χ3n) is 23.4. The zero-order valence-electron chi connectivity index (χ0n) is 67.8. The van der Waals surface area contributed by atoms with Crippen LogP contribution in [0.3, 0.4) is 0 Å². The second-order valence-electron chi connectivity index (χ2n) is 30.9. The lowest BCUT2D eigenvalue weighted by molar-refractivity contribution is 1.19. The fourth-order valence-corrected chi connectivity index (χ4v) is 17.7. The van der Waals surface area contributed by atoms with Crippen molar-refractivity contribution in [2.45, 2.75) is 13.8 Å². The lowest BCUT2D eigenvalue weighted by atomic mass is 9.88. The third kappa shape index (κ3) is 13.6. The Morgan fingerprint density at radius 2 is 0.616 bits per heavy atom. The van der Waals surface area contributed by atoms with Crippen LogP contribution < -0.4 is 16.7 Å². The van der Waals surface area contributed by atoms with Crippen molar-refractivity contribution in [1.82, 2.24) is 28.2 Å². The van der Waals surface area contributed by atoms with E-state index in [4.69, 9.17) is 21.5 Å². The van der Waals surface area contributed by atoms with Crippen LogP contribution in [0, 0.1) is 43.1 Å². The quantitative estimate of drug-likeness (QED) is 0.143. The smallest absolute Gasteiger partial charge is 0.264 e. The summed E-state index contributed by atoms with van der Waals surface area (Å²) < 4.78 is 5.10. The zero-order chi connectivity index (χ0) is 84.8. The van der Waals surface area contributed by atoms with Crippen LogP contribution in [0.4, 0.5) is 5.69 Å². The van der Waals surface area contributed by atoms with Gasteiger partial charge in [-0.2, -0.15) is 10.5 Å². The molecule has 6 heterocycles. The van der Waals surface area contributed by atoms with E-state index in [1.54, 1.807) is 55.7 Å². The molecular formula is C113H71N9O3. The Labute approximate surface area is 717 Å². The van der Waals surface area contributed by atoms with Gasteiger partial charge in [-0.3, -0.25) is 27.6 Å². The van der Waals surface area contributed by atoms with Crippen LogP contribution >= 0.6 is 0 Å². The Balaban J connectivity index is 0.000000110. The second-order valence-corrected chi connectivity index (χ2v) is 30.9. The predicted octanol–water partition coefficient (Wildman–Crippen LogP) is 26.7. The van der Waals surface area contributed by atoms with Crippen LogP contribution in [0.15, 0.2) is 409 Å². The summed E-state index contributed by atoms with van der Waals surface area (Å²) in [4.78, 5) is 60.5. The first-order valence-electron chi connectivity index (χ1n) is 41.2. The molecule has 12 heteroatoms. The van der Waals surface area contributed by atoms with Crippen LogP contribution in [-0.2, 0) is 0 Å². The number of imidazole rings is 3. The highest BCUT2D eigenvalue weighted by Crippen LogP contribution is 2.46. The van der Waals surface area contributed by atoms with E-state index < -0.39 is 0 Å². The largest absolute Gasteiger partial charge is 0.268 e. The summed E-state index contributed by atoms with van der Waals surface area (Å²) in [6.45, 7) is 11.6. The maximum atomic E-state index is 14.4. The van der Waals surface area contributed by atoms with Gasteiger partial charge in [0.1, 0.15) is 16.9 Å². The molecule has 125 heavy (non-hydrogen) atoms. The Bertz CT molecular complexity index is 8350. The number of hydrogen-bond donors (Lipinski definition) is 0. The van der Waals surface area contributed by atoms with Crippen LogP contribution in [0.2, 0.25) is 0 Å². The molecule has 0 unspecified atom stereocenters. The molecule has 0 bridgehead atoms. The van der Waals surface area contributed by atoms with Crippen molar-refractivity contribution in [3.8, 4) is 90.0 Å². The molecule has 18 aromatic carbocycles. The highest BCUT2D eigenvalue weighted by molar-refractivity contribution is 6.26. The van der Waals surface area contributed by atoms with Gasteiger partial charge in [0.25, 0.3) is 16.7 Å². The number of benzene rings is 18. The minimum Gasteiger partial charge on any atom is -0.268 e. The Morgan fingerprint density at radius 1 is 0.272 bits per heavy atom. The maximum Gasteiger partial charge on any atom is 0.264 e. The monoisotopic (exact) mass is 1600 g/mol. The van der Waals surface area contributed by atoms with Gasteiger partial charge < -0.3 is 0 Å². The van der Waals surface area contributed by atoms with Gasteiger partial charge in [0.05, 0.1) is 62.9 Å². The zero-order valence-corrected chi connectivity index (χ0v) is 67.8. The van der Waals surface area contributed by atoms with Crippen LogP contribution in [0.25, 0.3) is 197 Å². The van der Waals surface area contributed by atoms with E-state index in [0.29, 0.717) is 72.0 Å². The van der Waals surface area contributed by atoms with E-state index in [-0.39, 0.29) is 16.7 Å². The van der Waals surface area contributed by atoms with Crippen molar-refractivity contribution in [3.63, 3.8) is 0 Å². The number of nitrogens with zero attached hydrogens (tertiary/aromatic N) is 9. The molecule has 0 spiro atoms. The van der Waals surface area contributed by atoms with Crippen molar-refractivity contribution in [3.05, 3.63) is 459 Å². The Morgan fingerprint density at radius 3 is 1.02 bits per heavy atom. The summed E-state index contributed by atoms with van der Waals surface area (Å²) in [6, 6.07) is 135. The van der Waals surface area contributed by atoms with E-state index in [1.165, 1.54) is 11.1 Å². The molecule has 0 saturated carbocycles. The molecule has 0 radical (unpaired) electrons. The third-order valence-corrected chi connectivity index (χ3v) is 23.4. The fourth-order valence-electron chi connectivity index (χ4n) is 17.7. The first kappa shape index (κ1) is 76.3. The molecule has 24 aromatic rings. The maximum absolute atomic E-state index is 14.4. The SMILES string of the molecule is Cc1ccccc1.Cc1ccccc1.N#Cc1ccc2c(=O)n3c(nc4cc(-c5ccccc5)cc(-c5ccccc5)c43)c3ccc(-c4ccccc4)c1c23.N#Cc1ccc2c(c1)nc1c3ccc(-c4ccccc4)c4c(-c5ccccc5)ccc(c(=O)n21)c43.[C-]#[N+]c1ccc2nc3c4ccc(-c5ccccc5)c5c(-c6ccccc6)ccc(c(=O)n3c2c1)c54. The number of fused-ring (bicyclic) bond motifs is 12. The molecule has 0 fully saturated rings. The van der Waals surface area contributed by atoms with E-state index in [2.05, 4.69) is 176 Å². The summed E-state index contributed by atoms with van der Waals surface area (Å²) in [6.07, 6.45) is 0. The molecule has 586 valence electrons. The summed E-state index contributed by atoms with van der Waals surface area (Å²) in [7, 11) is 0. The fraction of sp³-hybridized carbons (Fsp3) is 0.0177. The minimum absolute atomic E-state index is 0.102. The average molecular weight is 1600 g/mol. The summed E-state index contributed by atoms with van der Waals surface area (Å²) in [5, 5.41) is 29.5. The van der Waals surface area contributed by atoms with Gasteiger partial charge >= 0.3 is 0 Å². The van der Waals surface area contributed by atoms with Gasteiger partial charge in [-0.1, -0.05) is 321 Å². The van der Waals surface area contributed by atoms with Gasteiger partial charge in [0, 0.05) is 59.4 Å². The normalized spacial score (nSPS) is 11.2. The molecule has 0 aliphatic rings. The Hall–Kier alpha value is -17.4. The molecule has 24 rings (SSSR count). The van der Waals surface area contributed by atoms with Crippen molar-refractivity contribution < 1.29 is 0 Å². The number of aromatic nitrogens is 6. The van der Waals surface area contributed by atoms with Gasteiger partial charge in [0.15, 0.2) is 5.69 Å². The van der Waals surface area contributed by atoms with Gasteiger partial charge in [-0.25, -0.2) is 19.8 Å². The van der Waals surface area contributed by atoms with Crippen LogP contribution in [0.5, 0.6) is 0 Å². The number of pyridine rings is 3. The second kappa shape index (κ2) is 32.4. The highest BCUT2D eigenvalue weighted by Gasteiger charge is 2.27. The summed E-state index contributed by atoms with van der Waals surface area (Å²) >= 11 is 0. The minimum atomic E-state index is -0.139. The summed E-state index contributed by atoms with van der Waals surface area (Å²) in [5.74, 6) is 0. The molecule has 0 aliphatic carbocycles. The highest BCUT2D eigenvalue weighted by atomic mass is 16.1. The molecule has 0 saturated heterocycles. The number of aryl methyl sites for hydroxylation is 2. The molecule has 12 nitrogen and oxygen atoms in total. The number of nitriles is 2. The lowest BCUT2D eigenvalue weighted by Crippen LogP contribution is -2.14. The van der Waals surface area contributed by atoms with E-state index in [9.17, 15) is 24.9 Å². The average Bonchev–Trinajstić information content (AvgIpc) is 1.71. The first-order chi connectivity index (χ1) is 61.5. The predicted molar refractivity (Wildman–Crippen MR) is 512 cm³/mol. The number of rotatable bonds is 7. The standard InChI is InChI=1S/C37H21N3O.2C31H17N3O.2C7H8/c38-22-26-16-17-30-34-29(19-18-28(33(26)34)24-12-6-2-7-13-24)36-39-32-21-27(23-10-4-1-5-11-23)20-31(25-14-8-3-9-15-25)35(32)40(36)37(30)41;1-32-21-12-17-26-27(18-21)34-30(33-26)24-15-13-22(19-8-4-2-5-9-19)28-23(20-10-6-3-7-11-20)14-16-25(29(24)28)31(34)35;32-18-19-11-16-27-26(17-19)33-30-24-14-12-22(20-7-3-1-4-8-20)28-23(21-9-5-2-6-10-21)13-15-25(29(24)28)31(35)34(27)30;2*1-7-5-3-2-4-6-7/h1-21H;2-18H;1-17H;2*2-6H,1H3. The lowest BCUT2D eigenvalue weighted by Gasteiger charge is -2.16. The topological polar surface area (TPSA) is 155 Å². The molecule has 0 amide bonds. The number of hydrogen-bond acceptors (Lipinski definition) is 8. The summed E-state index contributed by atoms with van der Waals surface area (Å²) in [5.41, 5.74) is 24.6. The van der Waals surface area contributed by atoms with Gasteiger partial charge in [-0.05, 0) is 182 Å². The molecule has 0 aliphatic heterocycles. The van der Waals surface area contributed by atoms with Gasteiger partial charge in [-0.15, -0.1) is 0 Å². The van der Waals surface area contributed by atoms with Crippen molar-refractivity contribution in [2.75, 3.05) is 0 Å². The van der Waals surface area contributed by atoms with Crippen molar-refractivity contribution in [1.29, 1.82) is 10.5 Å². The van der Waals surface area contributed by atoms with Crippen LogP contribution in [-0.4, -0.2) is 28.2 Å². The molecule has 6 aromatic heterocycles. The first-order valence-corrected chi connectivity index (χ1v) is 41.2. The van der Waals surface area contributed by atoms with E-state index >= 15 is 0 Å². The van der Waals surface area contributed by atoms with E-state index in [1.807, 2.05) is 206 Å². The van der Waals surface area contributed by atoms with Crippen LogP contribution in [0.1, 0.15) is 22.3 Å². The van der Waals surface area contributed by atoms with E-state index in [0.717, 1.165) is 137 Å². The molecule has 0 atom stereocenters. The van der Waals surface area contributed by atoms with Gasteiger partial charge in [0.2, 0.25) is 0 Å². The Kier molecular flexibility index (Phi) is 19.8. The van der Waals surface area contributed by atoms with Crippen molar-refractivity contribution in [2.24, 2.45) is 0 Å². The van der Waals surface area contributed by atoms with Crippen molar-refractivity contribution >= 4 is 120 Å². The molecule has 0 N–H and O–H groups in total.